The summed E-state index contributed by atoms with van der Waals surface area (Å²) in [6.45, 7) is 0. The molecule has 1 rings (SSSR count). The molecule has 0 aromatic heterocycles. The maximum Gasteiger partial charge on any atom is 0.462 e. The highest BCUT2D eigenvalue weighted by atomic mass is 127. The number of rotatable bonds is 5. The molecule has 0 atom stereocenters. The number of hydrogen-bond acceptors (Lipinski definition) is 4. The van der Waals surface area contributed by atoms with Crippen molar-refractivity contribution in [3.05, 3.63) is 21.3 Å². The zero-order chi connectivity index (χ0) is 18.1. The molecular weight excluding hydrogens is 452 g/mol. The largest absolute Gasteiger partial charge is 0.504 e. The number of nitrogens with zero attached hydrogens (tertiary/aromatic N) is 1. The zero-order valence-corrected chi connectivity index (χ0v) is 13.2. The lowest BCUT2D eigenvalue weighted by atomic mass is 10.2. The molecule has 1 aromatic rings. The molecule has 0 amide bonds. The van der Waals surface area contributed by atoms with Gasteiger partial charge in [0.1, 0.15) is 0 Å². The van der Waals surface area contributed by atoms with Crippen LogP contribution in [0.2, 0.25) is 0 Å². The second kappa shape index (κ2) is 6.57. The summed E-state index contributed by atoms with van der Waals surface area (Å²) in [5.41, 5.74) is 0.503. The molecule has 23 heavy (non-hydrogen) atoms. The number of alkyl halides is 7. The molecular formula is C11H8F7IN2O2. The Hall–Kier alpha value is -1.47. The first-order valence-corrected chi connectivity index (χ1v) is 6.60. The highest BCUT2D eigenvalue weighted by Crippen LogP contribution is 2.45. The lowest BCUT2D eigenvalue weighted by molar-refractivity contribution is -0.361. The fourth-order valence-corrected chi connectivity index (χ4v) is 1.89. The van der Waals surface area contributed by atoms with E-state index in [1.165, 1.54) is 13.2 Å². The number of methoxy groups -OCH3 is 1. The third-order valence-corrected chi connectivity index (χ3v) is 3.26. The number of benzene rings is 1. The molecule has 130 valence electrons. The van der Waals surface area contributed by atoms with Crippen LogP contribution in [0, 0.1) is 3.57 Å². The lowest BCUT2D eigenvalue weighted by Crippen LogP contribution is -2.58. The molecule has 0 aliphatic rings. The number of aromatic hydroxyl groups is 1. The van der Waals surface area contributed by atoms with Gasteiger partial charge in [-0.05, 0) is 40.3 Å². The first-order chi connectivity index (χ1) is 10.3. The third-order valence-electron chi connectivity index (χ3n) is 2.44. The first-order valence-electron chi connectivity index (χ1n) is 5.52. The minimum atomic E-state index is -6.45. The fraction of sp³-hybridized carbons (Fsp3) is 0.364. The molecule has 0 fully saturated rings. The monoisotopic (exact) mass is 460 g/mol. The molecule has 0 saturated carbocycles. The Morgan fingerprint density at radius 2 is 1.74 bits per heavy atom. The Morgan fingerprint density at radius 3 is 2.22 bits per heavy atom. The van der Waals surface area contributed by atoms with Crippen molar-refractivity contribution < 1.29 is 40.6 Å². The summed E-state index contributed by atoms with van der Waals surface area (Å²) >= 11 is 1.66. The van der Waals surface area contributed by atoms with E-state index in [9.17, 15) is 35.8 Å². The summed E-state index contributed by atoms with van der Waals surface area (Å²) in [5, 5.41) is 12.2. The third kappa shape index (κ3) is 4.09. The lowest BCUT2D eigenvalue weighted by Gasteiger charge is -2.27. The SMILES string of the molecule is COc1cc(/C=N/NC(F)(F)C(F)(F)C(F)(F)F)cc(I)c1O. The van der Waals surface area contributed by atoms with E-state index >= 15 is 0 Å². The zero-order valence-electron chi connectivity index (χ0n) is 11.1. The quantitative estimate of drug-likeness (QED) is 0.232. The minimum Gasteiger partial charge on any atom is -0.504 e. The molecule has 0 aliphatic heterocycles. The van der Waals surface area contributed by atoms with Crippen LogP contribution in [0.5, 0.6) is 11.5 Å². The van der Waals surface area contributed by atoms with Crippen LogP contribution < -0.4 is 10.2 Å². The van der Waals surface area contributed by atoms with Gasteiger partial charge in [-0.1, -0.05) is 0 Å². The summed E-state index contributed by atoms with van der Waals surface area (Å²) in [6.07, 6.45) is -5.87. The van der Waals surface area contributed by atoms with E-state index < -0.39 is 18.1 Å². The molecule has 0 radical (unpaired) electrons. The van der Waals surface area contributed by atoms with Gasteiger partial charge in [-0.15, -0.1) is 0 Å². The van der Waals surface area contributed by atoms with Crippen LogP contribution in [-0.2, 0) is 0 Å². The second-order valence-electron chi connectivity index (χ2n) is 4.07. The summed E-state index contributed by atoms with van der Waals surface area (Å²) < 4.78 is 91.8. The van der Waals surface area contributed by atoms with E-state index in [2.05, 4.69) is 5.10 Å². The van der Waals surface area contributed by atoms with Crippen molar-refractivity contribution >= 4 is 28.8 Å². The number of halogens is 8. The molecule has 0 unspecified atom stereocenters. The maximum absolute atomic E-state index is 12.9. The van der Waals surface area contributed by atoms with Crippen molar-refractivity contribution in [3.63, 3.8) is 0 Å². The van der Waals surface area contributed by atoms with E-state index in [4.69, 9.17) is 4.74 Å². The number of nitrogens with one attached hydrogen (secondary N) is 1. The number of hydrazone groups is 1. The Morgan fingerprint density at radius 1 is 1.17 bits per heavy atom. The van der Waals surface area contributed by atoms with E-state index in [1.54, 1.807) is 22.6 Å². The Bertz CT molecular complexity index is 605. The van der Waals surface area contributed by atoms with Gasteiger partial charge in [-0.2, -0.15) is 35.8 Å². The molecule has 12 heteroatoms. The summed E-state index contributed by atoms with van der Waals surface area (Å²) in [5.74, 6) is -6.63. The van der Waals surface area contributed by atoms with Crippen molar-refractivity contribution in [2.75, 3.05) is 7.11 Å². The molecule has 0 aliphatic carbocycles. The molecule has 0 saturated heterocycles. The number of phenolic OH excluding ortho intramolecular Hbond substituents is 1. The van der Waals surface area contributed by atoms with Gasteiger partial charge in [-0.3, -0.25) is 0 Å². The van der Waals surface area contributed by atoms with E-state index in [0.717, 1.165) is 6.07 Å². The summed E-state index contributed by atoms with van der Waals surface area (Å²) in [4.78, 5) is 0. The van der Waals surface area contributed by atoms with Crippen molar-refractivity contribution in [1.82, 2.24) is 5.43 Å². The fourth-order valence-electron chi connectivity index (χ4n) is 1.26. The van der Waals surface area contributed by atoms with E-state index in [0.29, 0.717) is 11.6 Å². The summed E-state index contributed by atoms with van der Waals surface area (Å²) in [6, 6.07) is -3.32. The maximum atomic E-state index is 12.9. The van der Waals surface area contributed by atoms with Gasteiger partial charge in [-0.25, -0.2) is 5.43 Å². The van der Waals surface area contributed by atoms with Crippen LogP contribution in [0.15, 0.2) is 17.2 Å². The average molecular weight is 460 g/mol. The normalized spacial score (nSPS) is 13.4. The topological polar surface area (TPSA) is 53.8 Å². The van der Waals surface area contributed by atoms with Gasteiger partial charge >= 0.3 is 18.1 Å². The van der Waals surface area contributed by atoms with Crippen LogP contribution >= 0.6 is 22.6 Å². The predicted molar refractivity (Wildman–Crippen MR) is 74.1 cm³/mol. The van der Waals surface area contributed by atoms with Crippen LogP contribution in [0.3, 0.4) is 0 Å². The molecule has 0 spiro atoms. The molecule has 0 heterocycles. The van der Waals surface area contributed by atoms with E-state index in [1.807, 2.05) is 0 Å². The standard InChI is InChI=1S/C11H8F7IN2O2/c1-23-7-3-5(2-6(19)8(7)22)4-20-21-11(17,18)9(12,13)10(14,15)16/h2-4,21-22H,1H3/b20-4+. The van der Waals surface area contributed by atoms with Crippen molar-refractivity contribution in [1.29, 1.82) is 0 Å². The van der Waals surface area contributed by atoms with Crippen molar-refractivity contribution in [2.24, 2.45) is 5.10 Å². The minimum absolute atomic E-state index is 0.0164. The van der Waals surface area contributed by atoms with Gasteiger partial charge in [0, 0.05) is 0 Å². The van der Waals surface area contributed by atoms with Gasteiger partial charge < -0.3 is 9.84 Å². The van der Waals surface area contributed by atoms with Crippen LogP contribution in [-0.4, -0.2) is 36.6 Å². The van der Waals surface area contributed by atoms with Gasteiger partial charge in [0.15, 0.2) is 11.5 Å². The van der Waals surface area contributed by atoms with Gasteiger partial charge in [0.2, 0.25) is 0 Å². The highest BCUT2D eigenvalue weighted by molar-refractivity contribution is 14.1. The highest BCUT2D eigenvalue weighted by Gasteiger charge is 2.73. The number of ether oxygens (including phenoxy) is 1. The number of phenols is 1. The van der Waals surface area contributed by atoms with Crippen LogP contribution in [0.1, 0.15) is 5.56 Å². The van der Waals surface area contributed by atoms with Gasteiger partial charge in [0.05, 0.1) is 16.9 Å². The molecule has 1 aromatic carbocycles. The van der Waals surface area contributed by atoms with Crippen LogP contribution in [0.25, 0.3) is 0 Å². The molecule has 2 N–H and O–H groups in total. The smallest absolute Gasteiger partial charge is 0.462 e. The number of hydrogen-bond donors (Lipinski definition) is 2. The Kier molecular flexibility index (Phi) is 5.59. The Labute approximate surface area is 138 Å². The van der Waals surface area contributed by atoms with Gasteiger partial charge in [0.25, 0.3) is 0 Å². The predicted octanol–water partition coefficient (Wildman–Crippen LogP) is 3.72. The average Bonchev–Trinajstić information content (AvgIpc) is 2.40. The van der Waals surface area contributed by atoms with Crippen molar-refractivity contribution in [3.8, 4) is 11.5 Å². The Balaban J connectivity index is 2.98. The van der Waals surface area contributed by atoms with Crippen molar-refractivity contribution in [2.45, 2.75) is 18.1 Å². The van der Waals surface area contributed by atoms with E-state index in [-0.39, 0.29) is 20.6 Å². The van der Waals surface area contributed by atoms with Crippen LogP contribution in [0.4, 0.5) is 30.7 Å². The summed E-state index contributed by atoms with van der Waals surface area (Å²) in [7, 11) is 1.20. The first kappa shape index (κ1) is 19.6. The molecule has 0 bridgehead atoms. The molecule has 4 nitrogen and oxygen atoms in total. The second-order valence-corrected chi connectivity index (χ2v) is 5.23.